The van der Waals surface area contributed by atoms with Crippen LogP contribution < -0.4 is 0 Å². The van der Waals surface area contributed by atoms with Gasteiger partial charge in [-0.2, -0.15) is 5.10 Å². The average molecular weight is 156 g/mol. The van der Waals surface area contributed by atoms with Gasteiger partial charge in [-0.15, -0.1) is 0 Å². The SMILES string of the molecule is O=S1CCn2nccc2C1. The highest BCUT2D eigenvalue weighted by Crippen LogP contribution is 2.08. The van der Waals surface area contributed by atoms with Crippen LogP contribution in [0.15, 0.2) is 12.3 Å². The van der Waals surface area contributed by atoms with Gasteiger partial charge in [0.05, 0.1) is 18.0 Å². The van der Waals surface area contributed by atoms with Gasteiger partial charge in [0.1, 0.15) is 0 Å². The van der Waals surface area contributed by atoms with E-state index in [1.165, 1.54) is 0 Å². The van der Waals surface area contributed by atoms with Gasteiger partial charge in [-0.1, -0.05) is 0 Å². The molecule has 0 amide bonds. The molecule has 1 unspecified atom stereocenters. The summed E-state index contributed by atoms with van der Waals surface area (Å²) in [7, 11) is -0.641. The maximum Gasteiger partial charge on any atom is 0.0656 e. The van der Waals surface area contributed by atoms with Crippen LogP contribution in [0.25, 0.3) is 0 Å². The summed E-state index contributed by atoms with van der Waals surface area (Å²) in [6, 6.07) is 1.93. The highest BCUT2D eigenvalue weighted by molar-refractivity contribution is 7.84. The molecule has 54 valence electrons. The summed E-state index contributed by atoms with van der Waals surface area (Å²) in [5.74, 6) is 1.44. The molecule has 1 aliphatic heterocycles. The van der Waals surface area contributed by atoms with E-state index in [1.807, 2.05) is 10.7 Å². The van der Waals surface area contributed by atoms with E-state index >= 15 is 0 Å². The number of hydrogen-bond acceptors (Lipinski definition) is 2. The molecule has 1 aliphatic rings. The summed E-state index contributed by atoms with van der Waals surface area (Å²) in [6.07, 6.45) is 1.76. The van der Waals surface area contributed by atoms with E-state index in [1.54, 1.807) is 6.20 Å². The summed E-state index contributed by atoms with van der Waals surface area (Å²) in [6.45, 7) is 0.814. The van der Waals surface area contributed by atoms with Gasteiger partial charge in [-0.3, -0.25) is 8.89 Å². The molecule has 0 N–H and O–H groups in total. The summed E-state index contributed by atoms with van der Waals surface area (Å²) in [5, 5.41) is 4.07. The number of rotatable bonds is 0. The normalized spacial score (nSPS) is 24.2. The van der Waals surface area contributed by atoms with Crippen LogP contribution in [0.3, 0.4) is 0 Å². The van der Waals surface area contributed by atoms with Crippen LogP contribution in [0.4, 0.5) is 0 Å². The lowest BCUT2D eigenvalue weighted by Crippen LogP contribution is -2.19. The number of aryl methyl sites for hydroxylation is 1. The van der Waals surface area contributed by atoms with Crippen molar-refractivity contribution in [2.75, 3.05) is 5.75 Å². The highest BCUT2D eigenvalue weighted by atomic mass is 32.2. The molecule has 3 nitrogen and oxygen atoms in total. The van der Waals surface area contributed by atoms with Crippen LogP contribution in [0.1, 0.15) is 5.69 Å². The number of aromatic nitrogens is 2. The average Bonchev–Trinajstić information content (AvgIpc) is 2.33. The van der Waals surface area contributed by atoms with Crippen molar-refractivity contribution in [3.63, 3.8) is 0 Å². The second-order valence-electron chi connectivity index (χ2n) is 2.33. The quantitative estimate of drug-likeness (QED) is 0.535. The zero-order valence-electron chi connectivity index (χ0n) is 5.49. The molecular formula is C6H8N2OS. The maximum absolute atomic E-state index is 11.0. The Morgan fingerprint density at radius 2 is 2.60 bits per heavy atom. The second-order valence-corrected chi connectivity index (χ2v) is 3.91. The topological polar surface area (TPSA) is 34.9 Å². The molecule has 2 rings (SSSR count). The van der Waals surface area contributed by atoms with Crippen LogP contribution in [-0.4, -0.2) is 19.7 Å². The molecule has 0 spiro atoms. The first-order chi connectivity index (χ1) is 4.86. The Morgan fingerprint density at radius 1 is 1.70 bits per heavy atom. The number of nitrogens with zero attached hydrogens (tertiary/aromatic N) is 2. The Hall–Kier alpha value is -0.640. The fourth-order valence-corrected chi connectivity index (χ4v) is 2.21. The second kappa shape index (κ2) is 2.20. The van der Waals surface area contributed by atoms with Gasteiger partial charge in [-0.25, -0.2) is 0 Å². The maximum atomic E-state index is 11.0. The van der Waals surface area contributed by atoms with Gasteiger partial charge < -0.3 is 0 Å². The molecule has 1 aromatic rings. The molecule has 0 aliphatic carbocycles. The van der Waals surface area contributed by atoms with Crippen molar-refractivity contribution >= 4 is 10.8 Å². The molecular weight excluding hydrogens is 148 g/mol. The van der Waals surface area contributed by atoms with Crippen molar-refractivity contribution in [2.24, 2.45) is 0 Å². The first kappa shape index (κ1) is 6.09. The minimum absolute atomic E-state index is 0.641. The van der Waals surface area contributed by atoms with Crippen molar-refractivity contribution in [3.05, 3.63) is 18.0 Å². The predicted molar refractivity (Wildman–Crippen MR) is 38.9 cm³/mol. The lowest BCUT2D eigenvalue weighted by atomic mass is 10.5. The Kier molecular flexibility index (Phi) is 1.34. The molecule has 1 atom stereocenters. The first-order valence-electron chi connectivity index (χ1n) is 3.22. The summed E-state index contributed by atoms with van der Waals surface area (Å²) in [5.41, 5.74) is 1.10. The van der Waals surface area contributed by atoms with Crippen LogP contribution in [0, 0.1) is 0 Å². The largest absolute Gasteiger partial charge is 0.268 e. The Morgan fingerprint density at radius 3 is 3.50 bits per heavy atom. The van der Waals surface area contributed by atoms with Gasteiger partial charge in [-0.05, 0) is 6.07 Å². The first-order valence-corrected chi connectivity index (χ1v) is 4.71. The Bertz CT molecular complexity index is 268. The summed E-state index contributed by atoms with van der Waals surface area (Å²) in [4.78, 5) is 0. The van der Waals surface area contributed by atoms with Crippen LogP contribution in [0.5, 0.6) is 0 Å². The fraction of sp³-hybridized carbons (Fsp3) is 0.500. The minimum Gasteiger partial charge on any atom is -0.268 e. The molecule has 0 aromatic carbocycles. The van der Waals surface area contributed by atoms with Crippen molar-refractivity contribution in [1.82, 2.24) is 9.78 Å². The van der Waals surface area contributed by atoms with E-state index in [2.05, 4.69) is 5.10 Å². The molecule has 0 fully saturated rings. The van der Waals surface area contributed by atoms with E-state index in [9.17, 15) is 4.21 Å². The molecule has 0 saturated heterocycles. The fourth-order valence-electron chi connectivity index (χ4n) is 1.11. The molecule has 1 aromatic heterocycles. The third kappa shape index (κ3) is 0.883. The predicted octanol–water partition coefficient (Wildman–Crippen LogP) is 0.145. The smallest absolute Gasteiger partial charge is 0.0656 e. The molecule has 0 bridgehead atoms. The monoisotopic (exact) mass is 156 g/mol. The van der Waals surface area contributed by atoms with Crippen LogP contribution >= 0.6 is 0 Å². The van der Waals surface area contributed by atoms with Crippen molar-refractivity contribution in [3.8, 4) is 0 Å². The zero-order valence-corrected chi connectivity index (χ0v) is 6.30. The van der Waals surface area contributed by atoms with Crippen LogP contribution in [-0.2, 0) is 23.1 Å². The third-order valence-electron chi connectivity index (χ3n) is 1.64. The van der Waals surface area contributed by atoms with Gasteiger partial charge in [0.25, 0.3) is 0 Å². The lowest BCUT2D eigenvalue weighted by molar-refractivity contribution is 0.607. The standard InChI is InChI=1S/C6H8N2OS/c9-10-4-3-8-6(5-10)1-2-7-8/h1-2H,3-5H2. The molecule has 0 saturated carbocycles. The van der Waals surface area contributed by atoms with Crippen LogP contribution in [0.2, 0.25) is 0 Å². The Balaban J connectivity index is 2.39. The molecule has 4 heteroatoms. The van der Waals surface area contributed by atoms with Gasteiger partial charge >= 0.3 is 0 Å². The van der Waals surface area contributed by atoms with E-state index in [-0.39, 0.29) is 0 Å². The summed E-state index contributed by atoms with van der Waals surface area (Å²) < 4.78 is 12.9. The van der Waals surface area contributed by atoms with Gasteiger partial charge in [0, 0.05) is 22.7 Å². The van der Waals surface area contributed by atoms with Gasteiger partial charge in [0.15, 0.2) is 0 Å². The minimum atomic E-state index is -0.641. The molecule has 2 heterocycles. The Labute approximate surface area is 61.5 Å². The summed E-state index contributed by atoms with van der Waals surface area (Å²) >= 11 is 0. The van der Waals surface area contributed by atoms with E-state index in [4.69, 9.17) is 0 Å². The highest BCUT2D eigenvalue weighted by Gasteiger charge is 2.12. The van der Waals surface area contributed by atoms with Crippen molar-refractivity contribution in [1.29, 1.82) is 0 Å². The lowest BCUT2D eigenvalue weighted by Gasteiger charge is -2.11. The molecule has 0 radical (unpaired) electrons. The number of hydrogen-bond donors (Lipinski definition) is 0. The van der Waals surface area contributed by atoms with Gasteiger partial charge in [0.2, 0.25) is 0 Å². The van der Waals surface area contributed by atoms with E-state index in [0.717, 1.165) is 18.0 Å². The molecule has 10 heavy (non-hydrogen) atoms. The van der Waals surface area contributed by atoms with E-state index < -0.39 is 10.8 Å². The third-order valence-corrected chi connectivity index (χ3v) is 2.90. The zero-order chi connectivity index (χ0) is 6.97. The number of fused-ring (bicyclic) bond motifs is 1. The van der Waals surface area contributed by atoms with Crippen molar-refractivity contribution < 1.29 is 4.21 Å². The van der Waals surface area contributed by atoms with E-state index in [0.29, 0.717) is 5.75 Å². The van der Waals surface area contributed by atoms with Crippen molar-refractivity contribution in [2.45, 2.75) is 12.3 Å².